The fourth-order valence-electron chi connectivity index (χ4n) is 3.14. The Labute approximate surface area is 161 Å². The van der Waals surface area contributed by atoms with Crippen molar-refractivity contribution in [1.29, 1.82) is 0 Å². The number of amides is 1. The standard InChI is InChI=1S/C20H21N3O3S/c1-12-3-6-19(27-12)16-9-17(23-22-16)20(24)21-10-13-7-14-4-5-15(25-2)8-18(14)26-11-13/h3-6,8-9,13H,7,10-11H2,1-2H3,(H,21,24)(H,22,23)/t13-/m0/s1. The minimum Gasteiger partial charge on any atom is -0.497 e. The molecular weight excluding hydrogens is 362 g/mol. The summed E-state index contributed by atoms with van der Waals surface area (Å²) in [5.74, 6) is 1.70. The summed E-state index contributed by atoms with van der Waals surface area (Å²) in [5.41, 5.74) is 2.40. The van der Waals surface area contributed by atoms with E-state index < -0.39 is 0 Å². The molecule has 7 heteroatoms. The highest BCUT2D eigenvalue weighted by Gasteiger charge is 2.22. The smallest absolute Gasteiger partial charge is 0.271 e. The molecule has 0 radical (unpaired) electrons. The van der Waals surface area contributed by atoms with Gasteiger partial charge in [-0.1, -0.05) is 6.07 Å². The van der Waals surface area contributed by atoms with Crippen LogP contribution in [0.5, 0.6) is 11.5 Å². The molecule has 0 saturated heterocycles. The Morgan fingerprint density at radius 3 is 3.04 bits per heavy atom. The van der Waals surface area contributed by atoms with E-state index in [9.17, 15) is 4.79 Å². The van der Waals surface area contributed by atoms with Crippen LogP contribution in [-0.2, 0) is 6.42 Å². The number of hydrogen-bond acceptors (Lipinski definition) is 5. The molecule has 0 saturated carbocycles. The molecule has 0 unspecified atom stereocenters. The molecule has 1 aliphatic heterocycles. The summed E-state index contributed by atoms with van der Waals surface area (Å²) < 4.78 is 11.1. The van der Waals surface area contributed by atoms with Crippen LogP contribution < -0.4 is 14.8 Å². The number of fused-ring (bicyclic) bond motifs is 1. The highest BCUT2D eigenvalue weighted by molar-refractivity contribution is 7.15. The lowest BCUT2D eigenvalue weighted by Gasteiger charge is -2.25. The average Bonchev–Trinajstić information content (AvgIpc) is 3.34. The van der Waals surface area contributed by atoms with Crippen molar-refractivity contribution in [1.82, 2.24) is 15.5 Å². The molecule has 0 aliphatic carbocycles. The van der Waals surface area contributed by atoms with E-state index in [1.807, 2.05) is 24.3 Å². The summed E-state index contributed by atoms with van der Waals surface area (Å²) in [5, 5.41) is 10.1. The number of carbonyl (C=O) groups is 1. The number of aryl methyl sites for hydroxylation is 1. The zero-order valence-electron chi connectivity index (χ0n) is 15.2. The van der Waals surface area contributed by atoms with E-state index in [0.29, 0.717) is 18.8 Å². The summed E-state index contributed by atoms with van der Waals surface area (Å²) in [6.07, 6.45) is 0.861. The van der Waals surface area contributed by atoms with Gasteiger partial charge in [-0.15, -0.1) is 11.3 Å². The predicted molar refractivity (Wildman–Crippen MR) is 105 cm³/mol. The molecular formula is C20H21N3O3S. The minimum absolute atomic E-state index is 0.175. The van der Waals surface area contributed by atoms with E-state index >= 15 is 0 Å². The number of carbonyl (C=O) groups excluding carboxylic acids is 1. The molecule has 3 heterocycles. The molecule has 2 aromatic heterocycles. The topological polar surface area (TPSA) is 76.2 Å². The molecule has 1 aliphatic rings. The number of aromatic amines is 1. The van der Waals surface area contributed by atoms with Crippen LogP contribution >= 0.6 is 11.3 Å². The van der Waals surface area contributed by atoms with Crippen molar-refractivity contribution in [2.24, 2.45) is 5.92 Å². The van der Waals surface area contributed by atoms with E-state index in [0.717, 1.165) is 34.1 Å². The Kier molecular flexibility index (Phi) is 4.85. The number of H-pyrrole nitrogens is 1. The van der Waals surface area contributed by atoms with Gasteiger partial charge in [0.25, 0.3) is 5.91 Å². The van der Waals surface area contributed by atoms with Gasteiger partial charge in [0.15, 0.2) is 5.69 Å². The number of ether oxygens (including phenoxy) is 2. The lowest BCUT2D eigenvalue weighted by molar-refractivity contribution is 0.0934. The summed E-state index contributed by atoms with van der Waals surface area (Å²) in [7, 11) is 1.64. The van der Waals surface area contributed by atoms with Crippen molar-refractivity contribution in [3.8, 4) is 22.1 Å². The predicted octanol–water partition coefficient (Wildman–Crippen LogP) is 3.44. The Morgan fingerprint density at radius 1 is 1.37 bits per heavy atom. The van der Waals surface area contributed by atoms with Crippen LogP contribution in [-0.4, -0.2) is 36.4 Å². The third kappa shape index (κ3) is 3.83. The third-order valence-corrected chi connectivity index (χ3v) is 5.66. The number of aromatic nitrogens is 2. The normalized spacial score (nSPS) is 15.7. The van der Waals surface area contributed by atoms with Gasteiger partial charge in [-0.25, -0.2) is 0 Å². The lowest BCUT2D eigenvalue weighted by Crippen LogP contribution is -2.35. The van der Waals surface area contributed by atoms with Crippen molar-refractivity contribution in [3.63, 3.8) is 0 Å². The Morgan fingerprint density at radius 2 is 2.26 bits per heavy atom. The first-order valence-electron chi connectivity index (χ1n) is 8.82. The monoisotopic (exact) mass is 383 g/mol. The van der Waals surface area contributed by atoms with Crippen molar-refractivity contribution >= 4 is 17.2 Å². The first kappa shape index (κ1) is 17.6. The van der Waals surface area contributed by atoms with E-state index in [1.165, 1.54) is 4.88 Å². The van der Waals surface area contributed by atoms with Gasteiger partial charge < -0.3 is 14.8 Å². The van der Waals surface area contributed by atoms with Crippen molar-refractivity contribution in [2.45, 2.75) is 13.3 Å². The second-order valence-electron chi connectivity index (χ2n) is 6.64. The molecule has 1 atom stereocenters. The number of thiophene rings is 1. The largest absolute Gasteiger partial charge is 0.497 e. The zero-order valence-corrected chi connectivity index (χ0v) is 16.1. The van der Waals surface area contributed by atoms with Crippen LogP contribution in [0.1, 0.15) is 20.9 Å². The van der Waals surface area contributed by atoms with E-state index in [4.69, 9.17) is 9.47 Å². The highest BCUT2D eigenvalue weighted by Crippen LogP contribution is 2.31. The van der Waals surface area contributed by atoms with Gasteiger partial charge in [-0.05, 0) is 43.2 Å². The highest BCUT2D eigenvalue weighted by atomic mass is 32.1. The molecule has 0 fully saturated rings. The van der Waals surface area contributed by atoms with Gasteiger partial charge >= 0.3 is 0 Å². The maximum atomic E-state index is 12.4. The molecule has 1 amide bonds. The van der Waals surface area contributed by atoms with Gasteiger partial charge in [0.2, 0.25) is 0 Å². The van der Waals surface area contributed by atoms with Crippen LogP contribution in [0.25, 0.3) is 10.6 Å². The molecule has 140 valence electrons. The van der Waals surface area contributed by atoms with Crippen molar-refractivity contribution < 1.29 is 14.3 Å². The molecule has 0 spiro atoms. The Balaban J connectivity index is 1.35. The van der Waals surface area contributed by atoms with Crippen LogP contribution in [0.2, 0.25) is 0 Å². The quantitative estimate of drug-likeness (QED) is 0.708. The Bertz CT molecular complexity index is 963. The molecule has 6 nitrogen and oxygen atoms in total. The fourth-order valence-corrected chi connectivity index (χ4v) is 3.98. The molecule has 0 bridgehead atoms. The van der Waals surface area contributed by atoms with Crippen molar-refractivity contribution in [2.75, 3.05) is 20.3 Å². The fraction of sp³-hybridized carbons (Fsp3) is 0.300. The maximum Gasteiger partial charge on any atom is 0.271 e. The number of nitrogens with one attached hydrogen (secondary N) is 2. The third-order valence-electron chi connectivity index (χ3n) is 4.63. The first-order valence-corrected chi connectivity index (χ1v) is 9.64. The van der Waals surface area contributed by atoms with E-state index in [-0.39, 0.29) is 11.8 Å². The number of methoxy groups -OCH3 is 1. The summed E-state index contributed by atoms with van der Waals surface area (Å²) in [6.45, 7) is 3.17. The van der Waals surface area contributed by atoms with Gasteiger partial charge in [0.05, 0.1) is 24.3 Å². The summed E-state index contributed by atoms with van der Waals surface area (Å²) in [4.78, 5) is 14.7. The number of hydrogen-bond donors (Lipinski definition) is 2. The van der Waals surface area contributed by atoms with Crippen LogP contribution in [0.15, 0.2) is 36.4 Å². The Hall–Kier alpha value is -2.80. The molecule has 3 aromatic rings. The van der Waals surface area contributed by atoms with Gasteiger partial charge in [-0.3, -0.25) is 9.89 Å². The average molecular weight is 383 g/mol. The van der Waals surface area contributed by atoms with Gasteiger partial charge in [0, 0.05) is 23.4 Å². The van der Waals surface area contributed by atoms with Crippen LogP contribution in [0.4, 0.5) is 0 Å². The number of benzene rings is 1. The van der Waals surface area contributed by atoms with E-state index in [1.54, 1.807) is 24.5 Å². The maximum absolute atomic E-state index is 12.4. The lowest BCUT2D eigenvalue weighted by atomic mass is 9.96. The molecule has 27 heavy (non-hydrogen) atoms. The number of rotatable bonds is 5. The second kappa shape index (κ2) is 7.44. The van der Waals surface area contributed by atoms with E-state index in [2.05, 4.69) is 28.5 Å². The SMILES string of the molecule is COc1ccc2c(c1)OC[C@H](CNC(=O)c1cc(-c3ccc(C)s3)[nH]n1)C2. The summed E-state index contributed by atoms with van der Waals surface area (Å²) in [6, 6.07) is 11.7. The van der Waals surface area contributed by atoms with Crippen LogP contribution in [0.3, 0.4) is 0 Å². The number of nitrogens with zero attached hydrogens (tertiary/aromatic N) is 1. The molecule has 4 rings (SSSR count). The van der Waals surface area contributed by atoms with Crippen molar-refractivity contribution in [3.05, 3.63) is 52.5 Å². The first-order chi connectivity index (χ1) is 13.1. The summed E-state index contributed by atoms with van der Waals surface area (Å²) >= 11 is 1.67. The minimum atomic E-state index is -0.175. The molecule has 2 N–H and O–H groups in total. The second-order valence-corrected chi connectivity index (χ2v) is 7.93. The van der Waals surface area contributed by atoms with Gasteiger partial charge in [0.1, 0.15) is 11.5 Å². The van der Waals surface area contributed by atoms with Crippen LogP contribution in [0, 0.1) is 12.8 Å². The zero-order chi connectivity index (χ0) is 18.8. The molecule has 1 aromatic carbocycles. The van der Waals surface area contributed by atoms with Gasteiger partial charge in [-0.2, -0.15) is 5.10 Å².